The van der Waals surface area contributed by atoms with E-state index >= 15 is 0 Å². The Morgan fingerprint density at radius 1 is 1.58 bits per heavy atom. The minimum absolute atomic E-state index is 0.156. The van der Waals surface area contributed by atoms with Crippen LogP contribution in [-0.2, 0) is 9.53 Å². The summed E-state index contributed by atoms with van der Waals surface area (Å²) in [5, 5.41) is 8.83. The standard InChI is InChI=1S/C9H16O3/c1-2-12-6-7-4-3-5-8(7)9(10)11/h7-8H,2-6H2,1H3,(H,10,11). The van der Waals surface area contributed by atoms with E-state index in [0.717, 1.165) is 19.3 Å². The first-order chi connectivity index (χ1) is 5.75. The quantitative estimate of drug-likeness (QED) is 0.699. The number of hydrogen-bond acceptors (Lipinski definition) is 2. The molecule has 0 aromatic heterocycles. The molecule has 12 heavy (non-hydrogen) atoms. The zero-order chi connectivity index (χ0) is 8.97. The summed E-state index contributed by atoms with van der Waals surface area (Å²) in [4.78, 5) is 10.7. The summed E-state index contributed by atoms with van der Waals surface area (Å²) in [6.45, 7) is 3.24. The molecule has 2 unspecified atom stereocenters. The fourth-order valence-electron chi connectivity index (χ4n) is 1.83. The highest BCUT2D eigenvalue weighted by Crippen LogP contribution is 2.31. The lowest BCUT2D eigenvalue weighted by atomic mass is 9.97. The third-order valence-electron chi connectivity index (χ3n) is 2.51. The molecule has 0 saturated heterocycles. The molecule has 0 bridgehead atoms. The van der Waals surface area contributed by atoms with Gasteiger partial charge >= 0.3 is 5.97 Å². The smallest absolute Gasteiger partial charge is 0.306 e. The second-order valence-electron chi connectivity index (χ2n) is 3.30. The third-order valence-corrected chi connectivity index (χ3v) is 2.51. The highest BCUT2D eigenvalue weighted by atomic mass is 16.5. The summed E-state index contributed by atoms with van der Waals surface area (Å²) in [6.07, 6.45) is 2.87. The molecule has 0 aromatic carbocycles. The maximum atomic E-state index is 10.7. The monoisotopic (exact) mass is 172 g/mol. The molecule has 1 fully saturated rings. The third kappa shape index (κ3) is 2.21. The Kier molecular flexibility index (Phi) is 3.53. The van der Waals surface area contributed by atoms with Crippen LogP contribution in [-0.4, -0.2) is 24.3 Å². The molecule has 1 aliphatic carbocycles. The number of aliphatic carboxylic acids is 1. The predicted molar refractivity (Wildman–Crippen MR) is 45.0 cm³/mol. The van der Waals surface area contributed by atoms with Crippen LogP contribution in [0.5, 0.6) is 0 Å². The second-order valence-corrected chi connectivity index (χ2v) is 3.30. The van der Waals surface area contributed by atoms with Crippen molar-refractivity contribution >= 4 is 5.97 Å². The van der Waals surface area contributed by atoms with Crippen LogP contribution in [0.15, 0.2) is 0 Å². The van der Waals surface area contributed by atoms with Gasteiger partial charge in [-0.05, 0) is 25.7 Å². The topological polar surface area (TPSA) is 46.5 Å². The van der Waals surface area contributed by atoms with E-state index in [4.69, 9.17) is 9.84 Å². The number of carbonyl (C=O) groups is 1. The molecule has 0 heterocycles. The van der Waals surface area contributed by atoms with Gasteiger partial charge in [0.15, 0.2) is 0 Å². The summed E-state index contributed by atoms with van der Waals surface area (Å²) in [5.74, 6) is -0.559. The van der Waals surface area contributed by atoms with Crippen molar-refractivity contribution in [2.45, 2.75) is 26.2 Å². The van der Waals surface area contributed by atoms with Gasteiger partial charge in [0.05, 0.1) is 12.5 Å². The molecule has 1 rings (SSSR count). The fourth-order valence-corrected chi connectivity index (χ4v) is 1.83. The van der Waals surface area contributed by atoms with Gasteiger partial charge in [-0.2, -0.15) is 0 Å². The SMILES string of the molecule is CCOCC1CCCC1C(=O)O. The summed E-state index contributed by atoms with van der Waals surface area (Å²) in [7, 11) is 0. The van der Waals surface area contributed by atoms with Crippen molar-refractivity contribution in [2.75, 3.05) is 13.2 Å². The molecule has 2 atom stereocenters. The van der Waals surface area contributed by atoms with Crippen molar-refractivity contribution < 1.29 is 14.6 Å². The van der Waals surface area contributed by atoms with E-state index in [1.54, 1.807) is 0 Å². The number of hydrogen-bond donors (Lipinski definition) is 1. The van der Waals surface area contributed by atoms with E-state index in [2.05, 4.69) is 0 Å². The van der Waals surface area contributed by atoms with Crippen LogP contribution >= 0.6 is 0 Å². The molecule has 0 aliphatic heterocycles. The second kappa shape index (κ2) is 4.45. The van der Waals surface area contributed by atoms with Gasteiger partial charge in [-0.15, -0.1) is 0 Å². The molecule has 0 spiro atoms. The molecule has 1 aliphatic rings. The average Bonchev–Trinajstić information content (AvgIpc) is 2.48. The first kappa shape index (κ1) is 9.52. The van der Waals surface area contributed by atoms with E-state index in [1.807, 2.05) is 6.92 Å². The summed E-state index contributed by atoms with van der Waals surface area (Å²) in [6, 6.07) is 0. The van der Waals surface area contributed by atoms with Gasteiger partial charge in [-0.1, -0.05) is 6.42 Å². The van der Waals surface area contributed by atoms with Crippen LogP contribution in [0.25, 0.3) is 0 Å². The first-order valence-electron chi connectivity index (χ1n) is 4.56. The molecule has 3 heteroatoms. The van der Waals surface area contributed by atoms with Crippen LogP contribution in [0.4, 0.5) is 0 Å². The molecule has 70 valence electrons. The van der Waals surface area contributed by atoms with Gasteiger partial charge in [-0.25, -0.2) is 0 Å². The molecule has 1 saturated carbocycles. The highest BCUT2D eigenvalue weighted by molar-refractivity contribution is 5.70. The Hall–Kier alpha value is -0.570. The molecule has 0 aromatic rings. The normalized spacial score (nSPS) is 29.1. The Morgan fingerprint density at radius 3 is 2.92 bits per heavy atom. The Balaban J connectivity index is 2.35. The molecule has 0 radical (unpaired) electrons. The van der Waals surface area contributed by atoms with Gasteiger partial charge in [0.1, 0.15) is 0 Å². The van der Waals surface area contributed by atoms with Gasteiger partial charge < -0.3 is 9.84 Å². The van der Waals surface area contributed by atoms with Crippen molar-refractivity contribution in [1.82, 2.24) is 0 Å². The van der Waals surface area contributed by atoms with Crippen molar-refractivity contribution in [3.63, 3.8) is 0 Å². The van der Waals surface area contributed by atoms with Gasteiger partial charge in [0.25, 0.3) is 0 Å². The Bertz CT molecular complexity index is 156. The fraction of sp³-hybridized carbons (Fsp3) is 0.889. The van der Waals surface area contributed by atoms with Gasteiger partial charge in [0, 0.05) is 6.61 Å². The number of carboxylic acid groups (broad SMARTS) is 1. The van der Waals surface area contributed by atoms with Crippen LogP contribution in [0.2, 0.25) is 0 Å². The molecule has 3 nitrogen and oxygen atoms in total. The van der Waals surface area contributed by atoms with Crippen LogP contribution < -0.4 is 0 Å². The van der Waals surface area contributed by atoms with E-state index in [1.165, 1.54) is 0 Å². The minimum atomic E-state index is -0.655. The number of rotatable bonds is 4. The maximum Gasteiger partial charge on any atom is 0.306 e. The first-order valence-corrected chi connectivity index (χ1v) is 4.56. The lowest BCUT2D eigenvalue weighted by Crippen LogP contribution is -2.22. The highest BCUT2D eigenvalue weighted by Gasteiger charge is 2.32. The summed E-state index contributed by atoms with van der Waals surface area (Å²) < 4.78 is 5.23. The lowest BCUT2D eigenvalue weighted by Gasteiger charge is -2.14. The zero-order valence-corrected chi connectivity index (χ0v) is 7.45. The van der Waals surface area contributed by atoms with Crippen molar-refractivity contribution in [2.24, 2.45) is 11.8 Å². The summed E-state index contributed by atoms with van der Waals surface area (Å²) >= 11 is 0. The van der Waals surface area contributed by atoms with E-state index in [9.17, 15) is 4.79 Å². The van der Waals surface area contributed by atoms with Crippen molar-refractivity contribution in [1.29, 1.82) is 0 Å². The molecule has 0 amide bonds. The van der Waals surface area contributed by atoms with Crippen molar-refractivity contribution in [3.8, 4) is 0 Å². The average molecular weight is 172 g/mol. The molecule has 1 N–H and O–H groups in total. The Labute approximate surface area is 72.7 Å². The minimum Gasteiger partial charge on any atom is -0.481 e. The predicted octanol–water partition coefficient (Wildman–Crippen LogP) is 1.52. The lowest BCUT2D eigenvalue weighted by molar-refractivity contribution is -0.143. The van der Waals surface area contributed by atoms with E-state index < -0.39 is 5.97 Å². The largest absolute Gasteiger partial charge is 0.481 e. The maximum absolute atomic E-state index is 10.7. The Morgan fingerprint density at radius 2 is 2.33 bits per heavy atom. The zero-order valence-electron chi connectivity index (χ0n) is 7.45. The number of carboxylic acids is 1. The van der Waals surface area contributed by atoms with Crippen LogP contribution in [0, 0.1) is 11.8 Å². The number of ether oxygens (including phenoxy) is 1. The van der Waals surface area contributed by atoms with E-state index in [0.29, 0.717) is 13.2 Å². The summed E-state index contributed by atoms with van der Waals surface area (Å²) in [5.41, 5.74) is 0. The molecular formula is C9H16O3. The molecular weight excluding hydrogens is 156 g/mol. The van der Waals surface area contributed by atoms with Gasteiger partial charge in [0.2, 0.25) is 0 Å². The van der Waals surface area contributed by atoms with Gasteiger partial charge in [-0.3, -0.25) is 4.79 Å². The van der Waals surface area contributed by atoms with Crippen LogP contribution in [0.1, 0.15) is 26.2 Å². The van der Waals surface area contributed by atoms with E-state index in [-0.39, 0.29) is 11.8 Å². The van der Waals surface area contributed by atoms with Crippen molar-refractivity contribution in [3.05, 3.63) is 0 Å². The van der Waals surface area contributed by atoms with Crippen LogP contribution in [0.3, 0.4) is 0 Å².